The summed E-state index contributed by atoms with van der Waals surface area (Å²) in [5.74, 6) is -1.65. The average molecular weight is 326 g/mol. The van der Waals surface area contributed by atoms with Gasteiger partial charge in [0.25, 0.3) is 0 Å². The zero-order valence-electron chi connectivity index (χ0n) is 9.79. The minimum Gasteiger partial charge on any atom is -0.399 e. The molecule has 2 rings (SSSR count). The molecule has 0 heterocycles. The standard InChI is InChI=1S/C14H10BrF2NO/c15-12-7-10(18)3-4-11(12)14(19)5-8-1-2-9(16)6-13(8)17/h1-4,6-7H,5,18H2. The molecule has 98 valence electrons. The van der Waals surface area contributed by atoms with Crippen molar-refractivity contribution in [2.45, 2.75) is 6.42 Å². The van der Waals surface area contributed by atoms with Gasteiger partial charge in [0.05, 0.1) is 0 Å². The lowest BCUT2D eigenvalue weighted by atomic mass is 10.0. The molecule has 0 fully saturated rings. The van der Waals surface area contributed by atoms with Crippen molar-refractivity contribution in [2.75, 3.05) is 5.73 Å². The molecular weight excluding hydrogens is 316 g/mol. The van der Waals surface area contributed by atoms with E-state index in [1.807, 2.05) is 0 Å². The van der Waals surface area contributed by atoms with Gasteiger partial charge in [0.1, 0.15) is 11.6 Å². The van der Waals surface area contributed by atoms with Gasteiger partial charge in [-0.25, -0.2) is 8.78 Å². The summed E-state index contributed by atoms with van der Waals surface area (Å²) in [5, 5.41) is 0. The van der Waals surface area contributed by atoms with Crippen LogP contribution >= 0.6 is 15.9 Å². The number of benzene rings is 2. The Kier molecular flexibility index (Phi) is 3.95. The number of anilines is 1. The first-order chi connectivity index (χ1) is 8.97. The normalized spacial score (nSPS) is 10.5. The third-order valence-corrected chi connectivity index (χ3v) is 3.32. The van der Waals surface area contributed by atoms with Crippen molar-refractivity contribution in [1.29, 1.82) is 0 Å². The fraction of sp³-hybridized carbons (Fsp3) is 0.0714. The summed E-state index contributed by atoms with van der Waals surface area (Å²) < 4.78 is 26.8. The zero-order chi connectivity index (χ0) is 14.0. The van der Waals surface area contributed by atoms with Gasteiger partial charge in [-0.1, -0.05) is 6.07 Å². The van der Waals surface area contributed by atoms with E-state index in [1.165, 1.54) is 6.07 Å². The average Bonchev–Trinajstić information content (AvgIpc) is 2.32. The lowest BCUT2D eigenvalue weighted by Gasteiger charge is -2.06. The molecule has 0 spiro atoms. The van der Waals surface area contributed by atoms with Gasteiger partial charge in [-0.15, -0.1) is 0 Å². The largest absolute Gasteiger partial charge is 0.399 e. The topological polar surface area (TPSA) is 43.1 Å². The maximum atomic E-state index is 13.5. The van der Waals surface area contributed by atoms with Gasteiger partial charge < -0.3 is 5.73 Å². The molecule has 0 radical (unpaired) electrons. The number of hydrogen-bond donors (Lipinski definition) is 1. The fourth-order valence-electron chi connectivity index (χ4n) is 1.69. The molecule has 2 aromatic carbocycles. The maximum Gasteiger partial charge on any atom is 0.168 e. The van der Waals surface area contributed by atoms with Crippen molar-refractivity contribution in [3.05, 3.63) is 63.6 Å². The van der Waals surface area contributed by atoms with E-state index >= 15 is 0 Å². The number of rotatable bonds is 3. The van der Waals surface area contributed by atoms with Crippen molar-refractivity contribution in [3.63, 3.8) is 0 Å². The van der Waals surface area contributed by atoms with Crippen LogP contribution in [0, 0.1) is 11.6 Å². The summed E-state index contributed by atoms with van der Waals surface area (Å²) in [6, 6.07) is 7.94. The third-order valence-electron chi connectivity index (χ3n) is 2.66. The van der Waals surface area contributed by atoms with Crippen LogP contribution in [0.3, 0.4) is 0 Å². The smallest absolute Gasteiger partial charge is 0.168 e. The highest BCUT2D eigenvalue weighted by atomic mass is 79.9. The molecule has 5 heteroatoms. The number of nitrogen functional groups attached to an aromatic ring is 1. The van der Waals surface area contributed by atoms with Gasteiger partial charge in [-0.05, 0) is 45.8 Å². The Hall–Kier alpha value is -1.75. The molecule has 0 atom stereocenters. The molecule has 0 aromatic heterocycles. The maximum absolute atomic E-state index is 13.5. The summed E-state index contributed by atoms with van der Waals surface area (Å²) in [4.78, 5) is 12.1. The molecule has 19 heavy (non-hydrogen) atoms. The quantitative estimate of drug-likeness (QED) is 0.690. The van der Waals surface area contributed by atoms with E-state index in [2.05, 4.69) is 15.9 Å². The summed E-state index contributed by atoms with van der Waals surface area (Å²) >= 11 is 3.24. The van der Waals surface area contributed by atoms with E-state index in [4.69, 9.17) is 5.73 Å². The Morgan fingerprint density at radius 3 is 2.53 bits per heavy atom. The Bertz CT molecular complexity index is 643. The number of halogens is 3. The SMILES string of the molecule is Nc1ccc(C(=O)Cc2ccc(F)cc2F)c(Br)c1. The van der Waals surface area contributed by atoms with E-state index in [0.29, 0.717) is 15.7 Å². The Morgan fingerprint density at radius 2 is 1.89 bits per heavy atom. The number of Topliss-reactive ketones (excluding diaryl/α,β-unsaturated/α-hetero) is 1. The lowest BCUT2D eigenvalue weighted by Crippen LogP contribution is -2.06. The molecule has 0 unspecified atom stereocenters. The minimum atomic E-state index is -0.722. The molecule has 2 nitrogen and oxygen atoms in total. The zero-order valence-corrected chi connectivity index (χ0v) is 11.4. The first-order valence-corrected chi connectivity index (χ1v) is 6.29. The molecule has 0 aliphatic heterocycles. The second-order valence-electron chi connectivity index (χ2n) is 4.07. The van der Waals surface area contributed by atoms with Crippen molar-refractivity contribution < 1.29 is 13.6 Å². The first-order valence-electron chi connectivity index (χ1n) is 5.49. The molecule has 0 aliphatic carbocycles. The van der Waals surface area contributed by atoms with Crippen molar-refractivity contribution in [1.82, 2.24) is 0 Å². The van der Waals surface area contributed by atoms with Crippen molar-refractivity contribution in [3.8, 4) is 0 Å². The van der Waals surface area contributed by atoms with Gasteiger partial charge in [0.2, 0.25) is 0 Å². The number of hydrogen-bond acceptors (Lipinski definition) is 2. The monoisotopic (exact) mass is 325 g/mol. The van der Waals surface area contributed by atoms with Gasteiger partial charge in [-0.3, -0.25) is 4.79 Å². The minimum absolute atomic E-state index is 0.130. The van der Waals surface area contributed by atoms with Crippen LogP contribution in [-0.2, 0) is 6.42 Å². The highest BCUT2D eigenvalue weighted by molar-refractivity contribution is 9.10. The van der Waals surface area contributed by atoms with Crippen LogP contribution in [0.2, 0.25) is 0 Å². The Morgan fingerprint density at radius 1 is 1.16 bits per heavy atom. The summed E-state index contributed by atoms with van der Waals surface area (Å²) in [5.41, 5.74) is 6.68. The van der Waals surface area contributed by atoms with E-state index in [-0.39, 0.29) is 17.8 Å². The first kappa shape index (κ1) is 13.7. The molecular formula is C14H10BrF2NO. The molecule has 0 saturated heterocycles. The van der Waals surface area contributed by atoms with Crippen LogP contribution in [0.4, 0.5) is 14.5 Å². The van der Waals surface area contributed by atoms with Gasteiger partial charge in [0, 0.05) is 28.2 Å². The highest BCUT2D eigenvalue weighted by Crippen LogP contribution is 2.22. The summed E-state index contributed by atoms with van der Waals surface area (Å²) in [6.45, 7) is 0. The lowest BCUT2D eigenvalue weighted by molar-refractivity contribution is 0.0991. The molecule has 2 N–H and O–H groups in total. The summed E-state index contributed by atoms with van der Waals surface area (Å²) in [6.07, 6.45) is -0.130. The summed E-state index contributed by atoms with van der Waals surface area (Å²) in [7, 11) is 0. The van der Waals surface area contributed by atoms with Crippen molar-refractivity contribution in [2.24, 2.45) is 0 Å². The van der Waals surface area contributed by atoms with Crippen LogP contribution in [0.1, 0.15) is 15.9 Å². The second kappa shape index (κ2) is 5.48. The molecule has 0 bridgehead atoms. The molecule has 0 amide bonds. The van der Waals surface area contributed by atoms with Crippen LogP contribution in [0.5, 0.6) is 0 Å². The van der Waals surface area contributed by atoms with Crippen LogP contribution < -0.4 is 5.73 Å². The van der Waals surface area contributed by atoms with E-state index < -0.39 is 11.6 Å². The Balaban J connectivity index is 2.25. The number of nitrogens with two attached hydrogens (primary N) is 1. The van der Waals surface area contributed by atoms with Crippen LogP contribution in [0.25, 0.3) is 0 Å². The van der Waals surface area contributed by atoms with Crippen LogP contribution in [-0.4, -0.2) is 5.78 Å². The van der Waals surface area contributed by atoms with E-state index in [0.717, 1.165) is 12.1 Å². The van der Waals surface area contributed by atoms with E-state index in [9.17, 15) is 13.6 Å². The fourth-order valence-corrected chi connectivity index (χ4v) is 2.31. The predicted octanol–water partition coefficient (Wildman–Crippen LogP) is 3.73. The number of carbonyl (C=O) groups excluding carboxylic acids is 1. The molecule has 2 aromatic rings. The predicted molar refractivity (Wildman–Crippen MR) is 72.9 cm³/mol. The molecule has 0 saturated carbocycles. The number of ketones is 1. The Labute approximate surface area is 117 Å². The number of carbonyl (C=O) groups is 1. The van der Waals surface area contributed by atoms with Gasteiger partial charge in [0.15, 0.2) is 5.78 Å². The second-order valence-corrected chi connectivity index (χ2v) is 4.93. The van der Waals surface area contributed by atoms with E-state index in [1.54, 1.807) is 18.2 Å². The molecule has 0 aliphatic rings. The van der Waals surface area contributed by atoms with Gasteiger partial charge in [-0.2, -0.15) is 0 Å². The third kappa shape index (κ3) is 3.17. The van der Waals surface area contributed by atoms with Crippen molar-refractivity contribution >= 4 is 27.4 Å². The van der Waals surface area contributed by atoms with Gasteiger partial charge >= 0.3 is 0 Å². The van der Waals surface area contributed by atoms with Crippen LogP contribution in [0.15, 0.2) is 40.9 Å². The highest BCUT2D eigenvalue weighted by Gasteiger charge is 2.13.